The maximum Gasteiger partial charge on any atom is 0.251 e. The van der Waals surface area contributed by atoms with E-state index >= 15 is 0 Å². The minimum absolute atomic E-state index is 0.0323. The quantitative estimate of drug-likeness (QED) is 0.556. The van der Waals surface area contributed by atoms with Crippen molar-refractivity contribution in [2.45, 2.75) is 62.4 Å². The molecule has 2 fully saturated rings. The summed E-state index contributed by atoms with van der Waals surface area (Å²) < 4.78 is 0. The first-order chi connectivity index (χ1) is 13.6. The molecule has 0 atom stereocenters. The third-order valence-corrected chi connectivity index (χ3v) is 6.15. The topological polar surface area (TPSA) is 58.1 Å². The van der Waals surface area contributed by atoms with E-state index in [1.807, 2.05) is 24.3 Å². The monoisotopic (exact) mass is 396 g/mol. The Kier molecular flexibility index (Phi) is 5.85. The van der Waals surface area contributed by atoms with Crippen molar-refractivity contribution < 1.29 is 4.79 Å². The van der Waals surface area contributed by atoms with Crippen LogP contribution in [0.15, 0.2) is 35.5 Å². The molecule has 0 unspecified atom stereocenters. The molecule has 2 heterocycles. The molecule has 2 aromatic rings. The van der Waals surface area contributed by atoms with E-state index < -0.39 is 0 Å². The number of amides is 1. The Morgan fingerprint density at radius 2 is 1.89 bits per heavy atom. The highest BCUT2D eigenvalue weighted by Crippen LogP contribution is 2.27. The normalized spacial score (nSPS) is 16.6. The molecule has 1 N–H and O–H groups in total. The molecule has 1 amide bonds. The van der Waals surface area contributed by atoms with Crippen LogP contribution in [0.1, 0.15) is 67.1 Å². The summed E-state index contributed by atoms with van der Waals surface area (Å²) in [5, 5.41) is 3.87. The summed E-state index contributed by atoms with van der Waals surface area (Å²) in [7, 11) is 0. The lowest BCUT2D eigenvalue weighted by atomic mass is 10.1. The zero-order valence-corrected chi connectivity index (χ0v) is 17.5. The molecule has 6 heteroatoms. The molecule has 0 radical (unpaired) electrons. The lowest BCUT2D eigenvalue weighted by Gasteiger charge is -2.18. The number of rotatable bonds is 7. The van der Waals surface area contributed by atoms with Gasteiger partial charge in [0, 0.05) is 42.2 Å². The summed E-state index contributed by atoms with van der Waals surface area (Å²) in [6, 6.07) is 10.4. The highest BCUT2D eigenvalue weighted by Gasteiger charge is 2.23. The molecule has 148 valence electrons. The Hall–Kier alpha value is -2.08. The van der Waals surface area contributed by atoms with Gasteiger partial charge in [0.25, 0.3) is 5.91 Å². The number of carbonyl (C=O) groups is 1. The van der Waals surface area contributed by atoms with Gasteiger partial charge in [0.05, 0.1) is 0 Å². The SMILES string of the molecule is CC(C)c1cc(N2CCCC2)nc(SCc2ccc(C(=O)NC3CC3)cc2)n1. The van der Waals surface area contributed by atoms with Gasteiger partial charge in [-0.15, -0.1) is 0 Å². The number of nitrogens with one attached hydrogen (secondary N) is 1. The summed E-state index contributed by atoms with van der Waals surface area (Å²) in [5.74, 6) is 2.27. The average molecular weight is 397 g/mol. The van der Waals surface area contributed by atoms with Crippen LogP contribution in [0.2, 0.25) is 0 Å². The molecule has 1 saturated heterocycles. The molecule has 1 aliphatic carbocycles. The maximum absolute atomic E-state index is 12.1. The van der Waals surface area contributed by atoms with Crippen LogP contribution < -0.4 is 10.2 Å². The Morgan fingerprint density at radius 3 is 2.54 bits per heavy atom. The molecule has 5 nitrogen and oxygen atoms in total. The van der Waals surface area contributed by atoms with E-state index in [1.165, 1.54) is 18.4 Å². The maximum atomic E-state index is 12.1. The van der Waals surface area contributed by atoms with Gasteiger partial charge in [0.15, 0.2) is 5.16 Å². The van der Waals surface area contributed by atoms with Crippen molar-refractivity contribution >= 4 is 23.5 Å². The van der Waals surface area contributed by atoms with Gasteiger partial charge in [-0.25, -0.2) is 9.97 Å². The van der Waals surface area contributed by atoms with Crippen molar-refractivity contribution in [3.05, 3.63) is 47.2 Å². The molecular formula is C22H28N4OS. The summed E-state index contributed by atoms with van der Waals surface area (Å²) in [6.45, 7) is 6.53. The van der Waals surface area contributed by atoms with Crippen molar-refractivity contribution in [3.8, 4) is 0 Å². The fourth-order valence-corrected chi connectivity index (χ4v) is 4.11. The van der Waals surface area contributed by atoms with Crippen LogP contribution in [0.25, 0.3) is 0 Å². The molecule has 0 spiro atoms. The minimum atomic E-state index is 0.0323. The highest BCUT2D eigenvalue weighted by molar-refractivity contribution is 7.98. The number of benzene rings is 1. The van der Waals surface area contributed by atoms with Gasteiger partial charge in [0.2, 0.25) is 0 Å². The fraction of sp³-hybridized carbons (Fsp3) is 0.500. The second-order valence-corrected chi connectivity index (χ2v) is 8.96. The van der Waals surface area contributed by atoms with Gasteiger partial charge >= 0.3 is 0 Å². The first-order valence-corrected chi connectivity index (χ1v) is 11.2. The lowest BCUT2D eigenvalue weighted by molar-refractivity contribution is 0.0951. The number of thioether (sulfide) groups is 1. The number of aromatic nitrogens is 2. The highest BCUT2D eigenvalue weighted by atomic mass is 32.2. The molecule has 28 heavy (non-hydrogen) atoms. The molecular weight excluding hydrogens is 368 g/mol. The van der Waals surface area contributed by atoms with E-state index in [1.54, 1.807) is 11.8 Å². The predicted octanol–water partition coefficient (Wildman–Crippen LogP) is 4.38. The van der Waals surface area contributed by atoms with Crippen molar-refractivity contribution in [2.75, 3.05) is 18.0 Å². The van der Waals surface area contributed by atoms with Crippen LogP contribution >= 0.6 is 11.8 Å². The molecule has 1 aromatic heterocycles. The van der Waals surface area contributed by atoms with Crippen LogP contribution in [-0.2, 0) is 5.75 Å². The van der Waals surface area contributed by atoms with Crippen LogP contribution in [0.5, 0.6) is 0 Å². The zero-order chi connectivity index (χ0) is 19.5. The lowest BCUT2D eigenvalue weighted by Crippen LogP contribution is -2.25. The number of nitrogens with zero attached hydrogens (tertiary/aromatic N) is 3. The number of hydrogen-bond acceptors (Lipinski definition) is 5. The van der Waals surface area contributed by atoms with Gasteiger partial charge < -0.3 is 10.2 Å². The first kappa shape index (κ1) is 19.2. The smallest absolute Gasteiger partial charge is 0.251 e. The number of carbonyl (C=O) groups excluding carboxylic acids is 1. The minimum Gasteiger partial charge on any atom is -0.356 e. The summed E-state index contributed by atoms with van der Waals surface area (Å²) in [5.41, 5.74) is 3.01. The van der Waals surface area contributed by atoms with E-state index in [9.17, 15) is 4.79 Å². The van der Waals surface area contributed by atoms with E-state index in [4.69, 9.17) is 9.97 Å². The third kappa shape index (κ3) is 4.85. The zero-order valence-electron chi connectivity index (χ0n) is 16.6. The largest absolute Gasteiger partial charge is 0.356 e. The Balaban J connectivity index is 1.42. The molecule has 0 bridgehead atoms. The van der Waals surface area contributed by atoms with Crippen molar-refractivity contribution in [1.82, 2.24) is 15.3 Å². The standard InChI is InChI=1S/C22H28N4OS/c1-15(2)19-13-20(26-11-3-4-12-26)25-22(24-19)28-14-16-5-7-17(8-6-16)21(27)23-18-9-10-18/h5-8,13,15,18H,3-4,9-12,14H2,1-2H3,(H,23,27). The van der Waals surface area contributed by atoms with Gasteiger partial charge in [-0.3, -0.25) is 4.79 Å². The van der Waals surface area contributed by atoms with E-state index in [-0.39, 0.29) is 5.91 Å². The summed E-state index contributed by atoms with van der Waals surface area (Å²) in [6.07, 6.45) is 4.69. The van der Waals surface area contributed by atoms with Crippen LogP contribution in [-0.4, -0.2) is 35.0 Å². The average Bonchev–Trinajstić information content (AvgIpc) is 3.34. The summed E-state index contributed by atoms with van der Waals surface area (Å²) >= 11 is 1.66. The predicted molar refractivity (Wildman–Crippen MR) is 114 cm³/mol. The van der Waals surface area contributed by atoms with Gasteiger partial charge in [-0.05, 0) is 49.3 Å². The van der Waals surface area contributed by atoms with Crippen molar-refractivity contribution in [1.29, 1.82) is 0 Å². The van der Waals surface area contributed by atoms with Crippen molar-refractivity contribution in [2.24, 2.45) is 0 Å². The van der Waals surface area contributed by atoms with Crippen molar-refractivity contribution in [3.63, 3.8) is 0 Å². The van der Waals surface area contributed by atoms with E-state index in [2.05, 4.69) is 30.1 Å². The van der Waals surface area contributed by atoms with E-state index in [0.29, 0.717) is 12.0 Å². The second-order valence-electron chi connectivity index (χ2n) is 8.02. The molecule has 4 rings (SSSR count). The first-order valence-electron chi connectivity index (χ1n) is 10.2. The summed E-state index contributed by atoms with van der Waals surface area (Å²) in [4.78, 5) is 24.1. The van der Waals surface area contributed by atoms with Crippen LogP contribution in [0.3, 0.4) is 0 Å². The fourth-order valence-electron chi connectivity index (χ4n) is 3.30. The number of anilines is 1. The molecule has 2 aliphatic rings. The van der Waals surface area contributed by atoms with Crippen LogP contribution in [0, 0.1) is 0 Å². The van der Waals surface area contributed by atoms with E-state index in [0.717, 1.165) is 53.9 Å². The Bertz CT molecular complexity index is 827. The molecule has 1 saturated carbocycles. The third-order valence-electron chi connectivity index (χ3n) is 5.23. The van der Waals surface area contributed by atoms with Crippen LogP contribution in [0.4, 0.5) is 5.82 Å². The molecule has 1 aliphatic heterocycles. The Morgan fingerprint density at radius 1 is 1.18 bits per heavy atom. The second kappa shape index (κ2) is 8.52. The molecule has 1 aromatic carbocycles. The van der Waals surface area contributed by atoms with Gasteiger partial charge in [-0.1, -0.05) is 37.7 Å². The number of hydrogen-bond donors (Lipinski definition) is 1. The Labute approximate surface area is 171 Å². The van der Waals surface area contributed by atoms with Gasteiger partial charge in [0.1, 0.15) is 5.82 Å². The van der Waals surface area contributed by atoms with Gasteiger partial charge in [-0.2, -0.15) is 0 Å².